The summed E-state index contributed by atoms with van der Waals surface area (Å²) in [6, 6.07) is 20.9. The molecule has 4 aliphatic rings. The van der Waals surface area contributed by atoms with Crippen molar-refractivity contribution in [2.45, 2.75) is 77.4 Å². The maximum absolute atomic E-state index is 6.72. The highest BCUT2D eigenvalue weighted by Crippen LogP contribution is 2.53. The number of pyridine rings is 2. The van der Waals surface area contributed by atoms with E-state index < -0.39 is 0 Å². The summed E-state index contributed by atoms with van der Waals surface area (Å²) in [4.78, 5) is 32.8. The van der Waals surface area contributed by atoms with Gasteiger partial charge in [0.2, 0.25) is 0 Å². The van der Waals surface area contributed by atoms with Crippen LogP contribution in [0.4, 0.5) is 34.9 Å². The Morgan fingerprint density at radius 1 is 0.594 bits per heavy atom. The third kappa shape index (κ3) is 8.40. The molecule has 0 bridgehead atoms. The van der Waals surface area contributed by atoms with Crippen LogP contribution in [0, 0.1) is 17.8 Å². The predicted octanol–water partition coefficient (Wildman–Crippen LogP) is 8.44. The van der Waals surface area contributed by atoms with E-state index in [0.29, 0.717) is 36.3 Å². The van der Waals surface area contributed by atoms with Gasteiger partial charge in [-0.2, -0.15) is 0 Å². The van der Waals surface area contributed by atoms with Crippen molar-refractivity contribution in [3.63, 3.8) is 0 Å². The summed E-state index contributed by atoms with van der Waals surface area (Å²) in [6.07, 6.45) is 9.35. The number of anilines is 6. The Morgan fingerprint density at radius 2 is 1.02 bits per heavy atom. The molecule has 2 fully saturated rings. The van der Waals surface area contributed by atoms with Gasteiger partial charge in [0.1, 0.15) is 26.3 Å². The van der Waals surface area contributed by atoms with Crippen molar-refractivity contribution < 1.29 is 0 Å². The van der Waals surface area contributed by atoms with Crippen LogP contribution in [0.3, 0.4) is 0 Å². The third-order valence-corrected chi connectivity index (χ3v) is 17.0. The molecule has 14 nitrogen and oxygen atoms in total. The standard InChI is InChI=1S/C23H26ClN7S.C22H23BrClN7S/c1-13-21(30-20(27)22(29-13)32-16-6-9-28-19(26)17(16)24)31-10-7-23(8-11-31)12-14-4-2-3-5-15(14)18(23)25;23-17-20(30-19(27)21(29-17)32-14-5-8-28-18(26)15(14)24)31-9-6-22(7-10-31)11-12-3-1-2-4-13(12)16(22)25/h2-6,9,18H,7-8,10-12,25H2,1H3,(H2,26,28)(H2,27,30);1-5,8,16H,6-7,9-11,25H2,(H2,26,28)(H2,27,30)/t18-;16-/m11/s1. The molecule has 6 heterocycles. The van der Waals surface area contributed by atoms with Gasteiger partial charge >= 0.3 is 0 Å². The highest BCUT2D eigenvalue weighted by atomic mass is 79.9. The first-order valence-corrected chi connectivity index (χ1v) is 24.2. The Balaban J connectivity index is 0.000000162. The van der Waals surface area contributed by atoms with E-state index in [-0.39, 0.29) is 34.5 Å². The first-order valence-electron chi connectivity index (χ1n) is 21.1. The fraction of sp³-hybridized carbons (Fsp3) is 0.333. The number of aromatic nitrogens is 6. The molecule has 2 atom stereocenters. The topological polar surface area (TPSA) is 240 Å². The second-order valence-electron chi connectivity index (χ2n) is 17.0. The van der Waals surface area contributed by atoms with Gasteiger partial charge in [-0.3, -0.25) is 0 Å². The molecular formula is C45H49BrCl2N14S2. The molecule has 10 rings (SSSR count). The number of rotatable bonds is 6. The largest absolute Gasteiger partial charge is 0.382 e. The number of halogens is 3. The average Bonchev–Trinajstić information content (AvgIpc) is 3.72. The number of piperidine rings is 2. The molecule has 2 saturated heterocycles. The number of hydrogen-bond acceptors (Lipinski definition) is 16. The van der Waals surface area contributed by atoms with E-state index in [1.165, 1.54) is 45.8 Å². The van der Waals surface area contributed by atoms with Crippen LogP contribution in [0.15, 0.2) is 97.5 Å². The van der Waals surface area contributed by atoms with Crippen LogP contribution >= 0.6 is 62.7 Å². The second kappa shape index (κ2) is 18.0. The lowest BCUT2D eigenvalue weighted by Crippen LogP contribution is -2.45. The van der Waals surface area contributed by atoms with E-state index in [9.17, 15) is 0 Å². The molecule has 332 valence electrons. The van der Waals surface area contributed by atoms with Gasteiger partial charge in [0.15, 0.2) is 23.3 Å². The summed E-state index contributed by atoms with van der Waals surface area (Å²) in [6.45, 7) is 5.45. The highest BCUT2D eigenvalue weighted by molar-refractivity contribution is 9.10. The molecule has 12 N–H and O–H groups in total. The second-order valence-corrected chi connectivity index (χ2v) is 20.5. The van der Waals surface area contributed by atoms with Crippen LogP contribution in [-0.4, -0.2) is 56.1 Å². The smallest absolute Gasteiger partial charge is 0.164 e. The fourth-order valence-electron chi connectivity index (χ4n) is 9.75. The van der Waals surface area contributed by atoms with Crippen LogP contribution in [0.1, 0.15) is 65.7 Å². The van der Waals surface area contributed by atoms with E-state index in [0.717, 1.165) is 91.8 Å². The van der Waals surface area contributed by atoms with Gasteiger partial charge in [0, 0.05) is 60.4 Å². The maximum Gasteiger partial charge on any atom is 0.164 e. The summed E-state index contributed by atoms with van der Waals surface area (Å²) in [5, 5.41) is 1.96. The van der Waals surface area contributed by atoms with Crippen LogP contribution in [0.2, 0.25) is 10.0 Å². The van der Waals surface area contributed by atoms with Gasteiger partial charge in [-0.1, -0.05) is 95.3 Å². The molecule has 64 heavy (non-hydrogen) atoms. The molecule has 0 unspecified atom stereocenters. The Hall–Kier alpha value is -4.62. The summed E-state index contributed by atoms with van der Waals surface area (Å²) in [7, 11) is 0. The van der Waals surface area contributed by atoms with Gasteiger partial charge in [0.25, 0.3) is 0 Å². The van der Waals surface area contributed by atoms with Crippen molar-refractivity contribution in [3.8, 4) is 0 Å². The first-order chi connectivity index (χ1) is 30.8. The molecular weight excluding hydrogens is 952 g/mol. The zero-order valence-corrected chi connectivity index (χ0v) is 39.9. The molecule has 2 aromatic carbocycles. The summed E-state index contributed by atoms with van der Waals surface area (Å²) in [5.74, 6) is 2.88. The van der Waals surface area contributed by atoms with Crippen LogP contribution in [-0.2, 0) is 12.8 Å². The fourth-order valence-corrected chi connectivity index (χ4v) is 12.5. The van der Waals surface area contributed by atoms with Crippen LogP contribution < -0.4 is 44.2 Å². The third-order valence-electron chi connectivity index (χ3n) is 13.3. The number of hydrogen-bond donors (Lipinski definition) is 6. The lowest BCUT2D eigenvalue weighted by molar-refractivity contribution is 0.187. The Bertz CT molecular complexity index is 2550. The van der Waals surface area contributed by atoms with Crippen molar-refractivity contribution in [2.75, 3.05) is 58.9 Å². The van der Waals surface area contributed by atoms with Crippen molar-refractivity contribution >= 4 is 97.6 Å². The van der Waals surface area contributed by atoms with Crippen LogP contribution in [0.5, 0.6) is 0 Å². The highest BCUT2D eigenvalue weighted by Gasteiger charge is 2.47. The quantitative estimate of drug-likeness (QED) is 0.0917. The molecule has 2 spiro atoms. The number of nitrogens with zero attached hydrogens (tertiary/aromatic N) is 8. The van der Waals surface area contributed by atoms with Gasteiger partial charge in [-0.05, 0) is 107 Å². The molecule has 0 saturated carbocycles. The van der Waals surface area contributed by atoms with Crippen molar-refractivity contribution in [2.24, 2.45) is 22.3 Å². The number of fused-ring (bicyclic) bond motifs is 2. The van der Waals surface area contributed by atoms with E-state index in [1.54, 1.807) is 24.5 Å². The Morgan fingerprint density at radius 3 is 1.48 bits per heavy atom. The van der Waals surface area contributed by atoms with E-state index in [1.807, 2.05) is 6.92 Å². The van der Waals surface area contributed by atoms with Crippen LogP contribution in [0.25, 0.3) is 0 Å². The number of nitrogens with two attached hydrogens (primary N) is 6. The minimum atomic E-state index is 0.0803. The Kier molecular flexibility index (Phi) is 12.5. The van der Waals surface area contributed by atoms with Crippen molar-refractivity contribution in [1.82, 2.24) is 29.9 Å². The first kappa shape index (κ1) is 44.6. The molecule has 6 aromatic rings. The molecule has 19 heteroatoms. The monoisotopic (exact) mass is 998 g/mol. The maximum atomic E-state index is 6.72. The normalized spacial score (nSPS) is 19.3. The minimum absolute atomic E-state index is 0.0803. The van der Waals surface area contributed by atoms with Crippen molar-refractivity contribution in [3.05, 3.63) is 116 Å². The lowest BCUT2D eigenvalue weighted by atomic mass is 9.73. The zero-order valence-electron chi connectivity index (χ0n) is 35.1. The van der Waals surface area contributed by atoms with Gasteiger partial charge in [0.05, 0.1) is 15.7 Å². The zero-order chi connectivity index (χ0) is 44.9. The van der Waals surface area contributed by atoms with Crippen molar-refractivity contribution in [1.29, 1.82) is 0 Å². The average molecular weight is 1000 g/mol. The number of nitrogen functional groups attached to an aromatic ring is 4. The molecule has 0 amide bonds. The number of benzene rings is 2. The van der Waals surface area contributed by atoms with E-state index in [4.69, 9.17) is 67.6 Å². The summed E-state index contributed by atoms with van der Waals surface area (Å²) < 4.78 is 0.655. The molecule has 2 aliphatic carbocycles. The molecule has 0 radical (unpaired) electrons. The lowest BCUT2D eigenvalue weighted by Gasteiger charge is -2.42. The molecule has 2 aliphatic heterocycles. The summed E-state index contributed by atoms with van der Waals surface area (Å²) >= 11 is 18.8. The van der Waals surface area contributed by atoms with Gasteiger partial charge < -0.3 is 44.2 Å². The number of aryl methyl sites for hydroxylation is 1. The van der Waals surface area contributed by atoms with E-state index >= 15 is 0 Å². The van der Waals surface area contributed by atoms with E-state index in [2.05, 4.69) is 94.2 Å². The van der Waals surface area contributed by atoms with Gasteiger partial charge in [-0.15, -0.1) is 0 Å². The Labute approximate surface area is 399 Å². The predicted molar refractivity (Wildman–Crippen MR) is 263 cm³/mol. The SMILES string of the molecule is Cc1nc(Sc2ccnc(N)c2Cl)c(N)nc1N1CCC2(CC1)Cc1ccccc1[C@H]2N.Nc1nc(N2CCC3(CC2)Cc2ccccc2[C@H]3N)c(Br)nc1Sc1ccnc(N)c1Cl. The van der Waals surface area contributed by atoms with Gasteiger partial charge in [-0.25, -0.2) is 29.9 Å². The molecule has 4 aromatic heterocycles. The minimum Gasteiger partial charge on any atom is -0.382 e. The summed E-state index contributed by atoms with van der Waals surface area (Å²) in [5.41, 5.74) is 44.1.